The number of carbonyl (C=O) groups excluding carboxylic acids is 2. The van der Waals surface area contributed by atoms with Crippen LogP contribution < -0.4 is 0 Å². The zero-order valence-electron chi connectivity index (χ0n) is 8.14. The van der Waals surface area contributed by atoms with Crippen molar-refractivity contribution >= 4 is 17.9 Å². The standard InChI is InChI=1S/C8H12O6/c1-4(2)13-8(12)6(7(10)11)14-5(3)9/h4,6H,1-3H3,(H,10,11). The lowest BCUT2D eigenvalue weighted by Crippen LogP contribution is -2.37. The van der Waals surface area contributed by atoms with Crippen LogP contribution in [0.15, 0.2) is 0 Å². The van der Waals surface area contributed by atoms with Crippen LogP contribution in [-0.2, 0) is 23.9 Å². The van der Waals surface area contributed by atoms with Crippen LogP contribution in [0.1, 0.15) is 20.8 Å². The molecule has 1 N–H and O–H groups in total. The number of esters is 2. The predicted molar refractivity (Wildman–Crippen MR) is 44.4 cm³/mol. The normalized spacial score (nSPS) is 12.0. The smallest absolute Gasteiger partial charge is 0.359 e. The van der Waals surface area contributed by atoms with Gasteiger partial charge >= 0.3 is 17.9 Å². The fourth-order valence-electron chi connectivity index (χ4n) is 0.659. The van der Waals surface area contributed by atoms with E-state index < -0.39 is 30.1 Å². The first-order valence-electron chi connectivity index (χ1n) is 3.95. The highest BCUT2D eigenvalue weighted by Crippen LogP contribution is 2.00. The molecule has 1 atom stereocenters. The zero-order valence-corrected chi connectivity index (χ0v) is 8.14. The summed E-state index contributed by atoms with van der Waals surface area (Å²) in [6.45, 7) is 4.13. The summed E-state index contributed by atoms with van der Waals surface area (Å²) in [6, 6.07) is 0. The molecule has 0 aromatic heterocycles. The minimum Gasteiger partial charge on any atom is -0.478 e. The van der Waals surface area contributed by atoms with Crippen molar-refractivity contribution < 1.29 is 29.0 Å². The van der Waals surface area contributed by atoms with E-state index in [0.29, 0.717) is 0 Å². The Balaban J connectivity index is 4.41. The first-order chi connectivity index (χ1) is 6.34. The van der Waals surface area contributed by atoms with Gasteiger partial charge in [0.2, 0.25) is 0 Å². The van der Waals surface area contributed by atoms with E-state index in [4.69, 9.17) is 5.11 Å². The third-order valence-corrected chi connectivity index (χ3v) is 1.07. The van der Waals surface area contributed by atoms with Gasteiger partial charge in [0.15, 0.2) is 0 Å². The van der Waals surface area contributed by atoms with Crippen molar-refractivity contribution in [1.82, 2.24) is 0 Å². The lowest BCUT2D eigenvalue weighted by Gasteiger charge is -2.13. The third kappa shape index (κ3) is 4.44. The monoisotopic (exact) mass is 204 g/mol. The van der Waals surface area contributed by atoms with E-state index in [1.807, 2.05) is 0 Å². The van der Waals surface area contributed by atoms with Crippen LogP contribution in [0.25, 0.3) is 0 Å². The summed E-state index contributed by atoms with van der Waals surface area (Å²) >= 11 is 0. The fraction of sp³-hybridized carbons (Fsp3) is 0.625. The van der Waals surface area contributed by atoms with Gasteiger partial charge in [-0.2, -0.15) is 0 Å². The molecule has 1 unspecified atom stereocenters. The first-order valence-corrected chi connectivity index (χ1v) is 3.95. The van der Waals surface area contributed by atoms with E-state index in [0.717, 1.165) is 6.92 Å². The van der Waals surface area contributed by atoms with Crippen LogP contribution in [0.2, 0.25) is 0 Å². The highest BCUT2D eigenvalue weighted by Gasteiger charge is 2.31. The molecule has 0 aliphatic rings. The van der Waals surface area contributed by atoms with Gasteiger partial charge in [0, 0.05) is 6.92 Å². The second-order valence-electron chi connectivity index (χ2n) is 2.81. The van der Waals surface area contributed by atoms with Gasteiger partial charge in [-0.05, 0) is 13.8 Å². The van der Waals surface area contributed by atoms with Crippen LogP contribution >= 0.6 is 0 Å². The third-order valence-electron chi connectivity index (χ3n) is 1.07. The van der Waals surface area contributed by atoms with E-state index in [-0.39, 0.29) is 0 Å². The molecule has 14 heavy (non-hydrogen) atoms. The number of hydrogen-bond donors (Lipinski definition) is 1. The van der Waals surface area contributed by atoms with Crippen molar-refractivity contribution in [1.29, 1.82) is 0 Å². The van der Waals surface area contributed by atoms with Crippen LogP contribution in [-0.4, -0.2) is 35.2 Å². The number of rotatable bonds is 4. The molecule has 0 amide bonds. The van der Waals surface area contributed by atoms with Gasteiger partial charge < -0.3 is 14.6 Å². The van der Waals surface area contributed by atoms with E-state index in [2.05, 4.69) is 9.47 Å². The Morgan fingerprint density at radius 3 is 1.93 bits per heavy atom. The summed E-state index contributed by atoms with van der Waals surface area (Å²) < 4.78 is 8.84. The van der Waals surface area contributed by atoms with E-state index >= 15 is 0 Å². The molecule has 0 radical (unpaired) electrons. The number of hydrogen-bond acceptors (Lipinski definition) is 5. The van der Waals surface area contributed by atoms with Gasteiger partial charge in [-0.1, -0.05) is 0 Å². The number of aliphatic carboxylic acids is 1. The van der Waals surface area contributed by atoms with Gasteiger partial charge in [0.1, 0.15) is 0 Å². The first kappa shape index (κ1) is 12.4. The summed E-state index contributed by atoms with van der Waals surface area (Å²) in [5, 5.41) is 8.53. The Hall–Kier alpha value is -1.59. The molecule has 6 heteroatoms. The maximum atomic E-state index is 11.1. The summed E-state index contributed by atoms with van der Waals surface area (Å²) in [7, 11) is 0. The van der Waals surface area contributed by atoms with Gasteiger partial charge in [0.25, 0.3) is 6.10 Å². The van der Waals surface area contributed by atoms with E-state index in [1.54, 1.807) is 13.8 Å². The topological polar surface area (TPSA) is 89.9 Å². The molecule has 0 spiro atoms. The van der Waals surface area contributed by atoms with Crippen molar-refractivity contribution in [3.8, 4) is 0 Å². The van der Waals surface area contributed by atoms with E-state index in [9.17, 15) is 14.4 Å². The molecule has 0 heterocycles. The Bertz CT molecular complexity index is 244. The number of carboxylic acid groups (broad SMARTS) is 1. The average molecular weight is 204 g/mol. The molecule has 0 aromatic rings. The number of ether oxygens (including phenoxy) is 2. The Labute approximate surface area is 80.8 Å². The van der Waals surface area contributed by atoms with E-state index in [1.165, 1.54) is 0 Å². The number of carbonyl (C=O) groups is 3. The summed E-state index contributed by atoms with van der Waals surface area (Å²) in [5.74, 6) is -3.48. The highest BCUT2D eigenvalue weighted by atomic mass is 16.6. The minimum absolute atomic E-state index is 0.458. The number of carboxylic acids is 1. The molecule has 0 aromatic carbocycles. The summed E-state index contributed by atoms with van der Waals surface area (Å²) in [4.78, 5) is 32.0. The van der Waals surface area contributed by atoms with Crippen molar-refractivity contribution in [3.63, 3.8) is 0 Å². The molecule has 6 nitrogen and oxygen atoms in total. The van der Waals surface area contributed by atoms with Crippen LogP contribution in [0.3, 0.4) is 0 Å². The molecule has 80 valence electrons. The second-order valence-corrected chi connectivity index (χ2v) is 2.81. The molecular weight excluding hydrogens is 192 g/mol. The van der Waals surface area contributed by atoms with Crippen molar-refractivity contribution in [2.45, 2.75) is 33.0 Å². The molecule has 0 saturated heterocycles. The molecule has 0 saturated carbocycles. The van der Waals surface area contributed by atoms with Crippen LogP contribution in [0.5, 0.6) is 0 Å². The van der Waals surface area contributed by atoms with Crippen LogP contribution in [0, 0.1) is 0 Å². The predicted octanol–water partition coefficient (Wildman–Crippen LogP) is -0.0457. The summed E-state index contributed by atoms with van der Waals surface area (Å²) in [6.07, 6.45) is -2.34. The lowest BCUT2D eigenvalue weighted by atomic mass is 10.3. The molecule has 0 aliphatic carbocycles. The SMILES string of the molecule is CC(=O)OC(C(=O)O)C(=O)OC(C)C. The average Bonchev–Trinajstić information content (AvgIpc) is 1.97. The fourth-order valence-corrected chi connectivity index (χ4v) is 0.659. The second kappa shape index (κ2) is 5.21. The zero-order chi connectivity index (χ0) is 11.3. The Morgan fingerprint density at radius 2 is 1.64 bits per heavy atom. The van der Waals surface area contributed by atoms with Crippen molar-refractivity contribution in [2.24, 2.45) is 0 Å². The summed E-state index contributed by atoms with van der Waals surface area (Å²) in [5.41, 5.74) is 0. The van der Waals surface area contributed by atoms with Gasteiger partial charge in [-0.25, -0.2) is 9.59 Å². The van der Waals surface area contributed by atoms with Crippen molar-refractivity contribution in [3.05, 3.63) is 0 Å². The van der Waals surface area contributed by atoms with Gasteiger partial charge in [-0.15, -0.1) is 0 Å². The Kier molecular flexibility index (Phi) is 4.62. The lowest BCUT2D eigenvalue weighted by molar-refractivity contribution is -0.178. The largest absolute Gasteiger partial charge is 0.478 e. The quantitative estimate of drug-likeness (QED) is 0.510. The molecule has 0 fully saturated rings. The minimum atomic E-state index is -1.88. The van der Waals surface area contributed by atoms with Gasteiger partial charge in [-0.3, -0.25) is 4.79 Å². The molecule has 0 bridgehead atoms. The Morgan fingerprint density at radius 1 is 1.14 bits per heavy atom. The molecular formula is C8H12O6. The maximum absolute atomic E-state index is 11.1. The van der Waals surface area contributed by atoms with Crippen LogP contribution in [0.4, 0.5) is 0 Å². The van der Waals surface area contributed by atoms with Gasteiger partial charge in [0.05, 0.1) is 6.10 Å². The molecule has 0 aliphatic heterocycles. The maximum Gasteiger partial charge on any atom is 0.359 e. The van der Waals surface area contributed by atoms with Crippen molar-refractivity contribution in [2.75, 3.05) is 0 Å². The molecule has 0 rings (SSSR count). The highest BCUT2D eigenvalue weighted by molar-refractivity contribution is 5.98.